The first-order valence-electron chi connectivity index (χ1n) is 6.27. The Bertz CT molecular complexity index is 643. The van der Waals surface area contributed by atoms with E-state index in [1.54, 1.807) is 12.4 Å². The summed E-state index contributed by atoms with van der Waals surface area (Å²) in [6.07, 6.45) is 4.66. The Morgan fingerprint density at radius 3 is 2.90 bits per heavy atom. The molecule has 2 rings (SSSR count). The summed E-state index contributed by atoms with van der Waals surface area (Å²) < 4.78 is 13.2. The van der Waals surface area contributed by atoms with Crippen molar-refractivity contribution in [2.24, 2.45) is 0 Å². The van der Waals surface area contributed by atoms with Crippen LogP contribution in [-0.2, 0) is 6.42 Å². The van der Waals surface area contributed by atoms with Crippen LogP contribution in [0.3, 0.4) is 0 Å². The van der Waals surface area contributed by atoms with Crippen LogP contribution in [0.5, 0.6) is 0 Å². The highest BCUT2D eigenvalue weighted by molar-refractivity contribution is 5.94. The van der Waals surface area contributed by atoms with E-state index >= 15 is 0 Å². The van der Waals surface area contributed by atoms with Gasteiger partial charge in [-0.1, -0.05) is 0 Å². The van der Waals surface area contributed by atoms with Gasteiger partial charge in [0.25, 0.3) is 11.6 Å². The summed E-state index contributed by atoms with van der Waals surface area (Å²) in [5.74, 6) is -0.548. The summed E-state index contributed by atoms with van der Waals surface area (Å²) in [4.78, 5) is 28.7. The Hall–Kier alpha value is -2.77. The third kappa shape index (κ3) is 4.10. The number of rotatable bonds is 6. The first kappa shape index (κ1) is 14.6. The molecule has 7 nitrogen and oxygen atoms in total. The van der Waals surface area contributed by atoms with Gasteiger partial charge in [0.1, 0.15) is 11.6 Å². The molecule has 1 heterocycles. The number of aryl methyl sites for hydroxylation is 1. The van der Waals surface area contributed by atoms with Crippen molar-refractivity contribution >= 4 is 11.6 Å². The molecule has 110 valence electrons. The van der Waals surface area contributed by atoms with Gasteiger partial charge in [0.2, 0.25) is 0 Å². The molecule has 1 aromatic heterocycles. The summed E-state index contributed by atoms with van der Waals surface area (Å²) in [5.41, 5.74) is -0.518. The highest BCUT2D eigenvalue weighted by atomic mass is 19.1. The molecule has 2 N–H and O–H groups in total. The molecule has 0 radical (unpaired) electrons. The van der Waals surface area contributed by atoms with Crippen molar-refractivity contribution in [1.82, 2.24) is 15.3 Å². The van der Waals surface area contributed by atoms with Gasteiger partial charge in [0, 0.05) is 37.0 Å². The van der Waals surface area contributed by atoms with E-state index in [0.717, 1.165) is 24.0 Å². The maximum Gasteiger partial charge on any atom is 0.273 e. The SMILES string of the molecule is O=C(NCCCc1ncc[nH]1)c1cc(F)cc([N+](=O)[O-])c1. The summed E-state index contributed by atoms with van der Waals surface area (Å²) >= 11 is 0. The summed E-state index contributed by atoms with van der Waals surface area (Å²) in [6.45, 7) is 0.365. The first-order chi connectivity index (χ1) is 10.1. The molecule has 0 saturated carbocycles. The molecule has 0 atom stereocenters. The molecule has 0 aliphatic carbocycles. The van der Waals surface area contributed by atoms with Crippen molar-refractivity contribution in [3.8, 4) is 0 Å². The lowest BCUT2D eigenvalue weighted by molar-refractivity contribution is -0.385. The normalized spacial score (nSPS) is 10.3. The lowest BCUT2D eigenvalue weighted by atomic mass is 10.2. The van der Waals surface area contributed by atoms with Gasteiger partial charge < -0.3 is 10.3 Å². The van der Waals surface area contributed by atoms with Crippen LogP contribution in [0.4, 0.5) is 10.1 Å². The van der Waals surface area contributed by atoms with Crippen molar-refractivity contribution in [3.63, 3.8) is 0 Å². The molecule has 0 aliphatic heterocycles. The van der Waals surface area contributed by atoms with Crippen molar-refractivity contribution in [2.45, 2.75) is 12.8 Å². The number of imidazole rings is 1. The highest BCUT2D eigenvalue weighted by Crippen LogP contribution is 2.16. The molecule has 0 unspecified atom stereocenters. The van der Waals surface area contributed by atoms with Gasteiger partial charge in [0.15, 0.2) is 0 Å². The lowest BCUT2D eigenvalue weighted by Gasteiger charge is -2.05. The van der Waals surface area contributed by atoms with Crippen LogP contribution in [-0.4, -0.2) is 27.3 Å². The van der Waals surface area contributed by atoms with E-state index in [1.165, 1.54) is 0 Å². The quantitative estimate of drug-likeness (QED) is 0.481. The molecule has 0 bridgehead atoms. The molecule has 1 aromatic carbocycles. The van der Waals surface area contributed by atoms with E-state index in [0.29, 0.717) is 19.4 Å². The average Bonchev–Trinajstić information content (AvgIpc) is 2.95. The fourth-order valence-corrected chi connectivity index (χ4v) is 1.81. The zero-order valence-electron chi connectivity index (χ0n) is 11.0. The molecule has 0 aliphatic rings. The van der Waals surface area contributed by atoms with Crippen molar-refractivity contribution in [3.05, 3.63) is 57.9 Å². The van der Waals surface area contributed by atoms with Gasteiger partial charge in [0.05, 0.1) is 11.0 Å². The van der Waals surface area contributed by atoms with Crippen molar-refractivity contribution < 1.29 is 14.1 Å². The highest BCUT2D eigenvalue weighted by Gasteiger charge is 2.14. The number of nitrogens with zero attached hydrogens (tertiary/aromatic N) is 2. The number of aromatic amines is 1. The Balaban J connectivity index is 1.89. The Labute approximate surface area is 119 Å². The number of non-ortho nitro benzene ring substituents is 1. The van der Waals surface area contributed by atoms with Gasteiger partial charge >= 0.3 is 0 Å². The molecule has 1 amide bonds. The average molecular weight is 292 g/mol. The molecule has 2 aromatic rings. The minimum atomic E-state index is -0.815. The van der Waals surface area contributed by atoms with Crippen LogP contribution in [0.25, 0.3) is 0 Å². The molecule has 21 heavy (non-hydrogen) atoms. The zero-order valence-corrected chi connectivity index (χ0v) is 11.0. The number of H-pyrrole nitrogens is 1. The minimum Gasteiger partial charge on any atom is -0.352 e. The predicted octanol–water partition coefficient (Wildman–Crippen LogP) is 1.82. The Kier molecular flexibility index (Phi) is 4.60. The largest absolute Gasteiger partial charge is 0.352 e. The van der Waals surface area contributed by atoms with Gasteiger partial charge in [-0.25, -0.2) is 9.37 Å². The van der Waals surface area contributed by atoms with Crippen LogP contribution in [0.1, 0.15) is 22.6 Å². The predicted molar refractivity (Wildman–Crippen MR) is 72.3 cm³/mol. The first-order valence-corrected chi connectivity index (χ1v) is 6.27. The fourth-order valence-electron chi connectivity index (χ4n) is 1.81. The van der Waals surface area contributed by atoms with E-state index in [4.69, 9.17) is 0 Å². The summed E-state index contributed by atoms with van der Waals surface area (Å²) in [5, 5.41) is 13.2. The number of nitro groups is 1. The number of benzene rings is 1. The maximum atomic E-state index is 13.2. The topological polar surface area (TPSA) is 101 Å². The zero-order chi connectivity index (χ0) is 15.2. The molecular formula is C13H13FN4O3. The Morgan fingerprint density at radius 1 is 1.43 bits per heavy atom. The van der Waals surface area contributed by atoms with Crippen LogP contribution in [0.2, 0.25) is 0 Å². The lowest BCUT2D eigenvalue weighted by Crippen LogP contribution is -2.25. The number of hydrogen-bond acceptors (Lipinski definition) is 4. The number of nitro benzene ring substituents is 1. The van der Waals surface area contributed by atoms with Crippen LogP contribution < -0.4 is 5.32 Å². The molecule has 8 heteroatoms. The third-order valence-electron chi connectivity index (χ3n) is 2.79. The van der Waals surface area contributed by atoms with E-state index in [2.05, 4.69) is 15.3 Å². The van der Waals surface area contributed by atoms with Crippen molar-refractivity contribution in [2.75, 3.05) is 6.54 Å². The second-order valence-corrected chi connectivity index (χ2v) is 4.35. The van der Waals surface area contributed by atoms with Gasteiger partial charge in [-0.2, -0.15) is 0 Å². The number of amides is 1. The maximum absolute atomic E-state index is 13.2. The number of halogens is 1. The van der Waals surface area contributed by atoms with Gasteiger partial charge in [-0.3, -0.25) is 14.9 Å². The summed E-state index contributed by atoms with van der Waals surface area (Å²) in [6, 6.07) is 2.79. The van der Waals surface area contributed by atoms with Crippen LogP contribution >= 0.6 is 0 Å². The van der Waals surface area contributed by atoms with E-state index in [9.17, 15) is 19.3 Å². The monoisotopic (exact) mass is 292 g/mol. The molecule has 0 fully saturated rings. The number of carbonyl (C=O) groups is 1. The van der Waals surface area contributed by atoms with Gasteiger partial charge in [-0.05, 0) is 12.5 Å². The standard InChI is InChI=1S/C13H13FN4O3/c14-10-6-9(7-11(8-10)18(20)21)13(19)17-3-1-2-12-15-4-5-16-12/h4-8H,1-3H2,(H,15,16)(H,17,19). The smallest absolute Gasteiger partial charge is 0.273 e. The number of nitrogens with one attached hydrogen (secondary N) is 2. The third-order valence-corrected chi connectivity index (χ3v) is 2.79. The molecular weight excluding hydrogens is 279 g/mol. The number of aromatic nitrogens is 2. The van der Waals surface area contributed by atoms with Gasteiger partial charge in [-0.15, -0.1) is 0 Å². The van der Waals surface area contributed by atoms with Crippen LogP contribution in [0, 0.1) is 15.9 Å². The molecule has 0 saturated heterocycles. The van der Waals surface area contributed by atoms with E-state index in [-0.39, 0.29) is 5.56 Å². The van der Waals surface area contributed by atoms with E-state index < -0.39 is 22.3 Å². The second-order valence-electron chi connectivity index (χ2n) is 4.35. The van der Waals surface area contributed by atoms with Crippen molar-refractivity contribution in [1.29, 1.82) is 0 Å². The van der Waals surface area contributed by atoms with Crippen LogP contribution in [0.15, 0.2) is 30.6 Å². The number of carbonyl (C=O) groups excluding carboxylic acids is 1. The second kappa shape index (κ2) is 6.60. The minimum absolute atomic E-state index is 0.0697. The van der Waals surface area contributed by atoms with E-state index in [1.807, 2.05) is 0 Å². The summed E-state index contributed by atoms with van der Waals surface area (Å²) in [7, 11) is 0. The molecule has 0 spiro atoms. The Morgan fingerprint density at radius 2 is 2.24 bits per heavy atom. The fraction of sp³-hybridized carbons (Fsp3) is 0.231. The number of hydrogen-bond donors (Lipinski definition) is 2.